The van der Waals surface area contributed by atoms with E-state index in [2.05, 4.69) is 5.10 Å². The summed E-state index contributed by atoms with van der Waals surface area (Å²) in [5.41, 5.74) is 2.44. The Morgan fingerprint density at radius 1 is 1.16 bits per heavy atom. The van der Waals surface area contributed by atoms with Crippen LogP contribution in [-0.2, 0) is 12.8 Å². The first-order chi connectivity index (χ1) is 11.8. The van der Waals surface area contributed by atoms with Gasteiger partial charge in [0, 0.05) is 16.3 Å². The molecule has 1 amide bonds. The summed E-state index contributed by atoms with van der Waals surface area (Å²) in [6, 6.07) is 6.98. The second kappa shape index (κ2) is 7.07. The summed E-state index contributed by atoms with van der Waals surface area (Å²) in [6.07, 6.45) is -0.228. The van der Waals surface area contributed by atoms with Crippen LogP contribution in [0.15, 0.2) is 24.3 Å². The molecule has 1 heterocycles. The van der Waals surface area contributed by atoms with E-state index in [-0.39, 0.29) is 5.69 Å². The quantitative estimate of drug-likeness (QED) is 0.826. The van der Waals surface area contributed by atoms with Crippen molar-refractivity contribution in [3.8, 4) is 5.69 Å². The fraction of sp³-hybridized carbons (Fsp3) is 0.412. The van der Waals surface area contributed by atoms with Gasteiger partial charge in [-0.15, -0.1) is 0 Å². The van der Waals surface area contributed by atoms with Crippen molar-refractivity contribution in [1.82, 2.24) is 15.1 Å². The molecular weight excluding hydrogens is 355 g/mol. The molecule has 1 aromatic carbocycles. The molecule has 1 aliphatic rings. The van der Waals surface area contributed by atoms with Crippen LogP contribution in [0.4, 0.5) is 13.2 Å². The predicted octanol–water partition coefficient (Wildman–Crippen LogP) is 4.09. The molecule has 8 heteroatoms. The smallest absolute Gasteiger partial charge is 0.342 e. The van der Waals surface area contributed by atoms with Gasteiger partial charge in [0.25, 0.3) is 5.91 Å². The molecule has 1 aliphatic carbocycles. The van der Waals surface area contributed by atoms with Gasteiger partial charge < -0.3 is 5.32 Å². The number of rotatable bonds is 3. The van der Waals surface area contributed by atoms with Gasteiger partial charge in [0.05, 0.1) is 5.69 Å². The Labute approximate surface area is 148 Å². The number of aromatic nitrogens is 2. The largest absolute Gasteiger partial charge is 0.405 e. The number of hydrogen-bond acceptors (Lipinski definition) is 2. The standard InChI is InChI=1S/C17H17ClF3N3O/c18-11-6-8-12(9-7-11)24-14-5-3-1-2-4-13(14)15(23-24)16(25)22-10-17(19,20)21/h6-9H,1-5,10H2,(H,22,25). The lowest BCUT2D eigenvalue weighted by Gasteiger charge is -2.07. The Bertz CT molecular complexity index is 769. The maximum atomic E-state index is 12.4. The maximum absolute atomic E-state index is 12.4. The molecular formula is C17H17ClF3N3O. The van der Waals surface area contributed by atoms with E-state index in [1.54, 1.807) is 28.9 Å². The van der Waals surface area contributed by atoms with Gasteiger partial charge in [-0.05, 0) is 49.9 Å². The first-order valence-electron chi connectivity index (χ1n) is 8.07. The Balaban J connectivity index is 1.98. The molecule has 25 heavy (non-hydrogen) atoms. The topological polar surface area (TPSA) is 46.9 Å². The molecule has 0 saturated heterocycles. The number of fused-ring (bicyclic) bond motifs is 1. The van der Waals surface area contributed by atoms with Gasteiger partial charge in [-0.25, -0.2) is 4.68 Å². The zero-order valence-corrected chi connectivity index (χ0v) is 14.1. The minimum absolute atomic E-state index is 0.0797. The summed E-state index contributed by atoms with van der Waals surface area (Å²) in [5.74, 6) is -0.789. The van der Waals surface area contributed by atoms with E-state index < -0.39 is 18.6 Å². The van der Waals surface area contributed by atoms with Crippen molar-refractivity contribution < 1.29 is 18.0 Å². The van der Waals surface area contributed by atoms with Gasteiger partial charge in [0.15, 0.2) is 5.69 Å². The normalized spacial score (nSPS) is 14.7. The third-order valence-electron chi connectivity index (χ3n) is 4.17. The lowest BCUT2D eigenvalue weighted by Crippen LogP contribution is -2.34. The van der Waals surface area contributed by atoms with Gasteiger partial charge in [0.2, 0.25) is 0 Å². The van der Waals surface area contributed by atoms with Crippen LogP contribution in [0.1, 0.15) is 41.0 Å². The Hall–Kier alpha value is -2.02. The zero-order chi connectivity index (χ0) is 18.0. The Morgan fingerprint density at radius 2 is 1.84 bits per heavy atom. The van der Waals surface area contributed by atoms with Crippen molar-refractivity contribution in [2.45, 2.75) is 38.3 Å². The van der Waals surface area contributed by atoms with Gasteiger partial charge in [-0.1, -0.05) is 18.0 Å². The number of carbonyl (C=O) groups excluding carboxylic acids is 1. The minimum atomic E-state index is -4.45. The summed E-state index contributed by atoms with van der Waals surface area (Å²) in [6.45, 7) is -1.37. The van der Waals surface area contributed by atoms with E-state index in [1.165, 1.54) is 0 Å². The molecule has 0 unspecified atom stereocenters. The number of nitrogens with one attached hydrogen (secondary N) is 1. The molecule has 1 N–H and O–H groups in total. The number of carbonyl (C=O) groups is 1. The van der Waals surface area contributed by atoms with E-state index in [0.717, 1.165) is 42.6 Å². The van der Waals surface area contributed by atoms with Crippen molar-refractivity contribution in [1.29, 1.82) is 0 Å². The van der Waals surface area contributed by atoms with Gasteiger partial charge in [-0.3, -0.25) is 4.79 Å². The number of nitrogens with zero attached hydrogens (tertiary/aromatic N) is 2. The number of amides is 1. The fourth-order valence-electron chi connectivity index (χ4n) is 3.02. The van der Waals surface area contributed by atoms with Crippen LogP contribution in [0.2, 0.25) is 5.02 Å². The number of hydrogen-bond donors (Lipinski definition) is 1. The van der Waals surface area contributed by atoms with Crippen LogP contribution >= 0.6 is 11.6 Å². The average molecular weight is 372 g/mol. The molecule has 3 rings (SSSR count). The SMILES string of the molecule is O=C(NCC(F)(F)F)c1nn(-c2ccc(Cl)cc2)c2c1CCCCC2. The average Bonchev–Trinajstić information content (AvgIpc) is 2.75. The van der Waals surface area contributed by atoms with E-state index in [1.807, 2.05) is 5.32 Å². The van der Waals surface area contributed by atoms with E-state index in [0.29, 0.717) is 11.4 Å². The van der Waals surface area contributed by atoms with Crippen molar-refractivity contribution in [2.75, 3.05) is 6.54 Å². The number of benzene rings is 1. The van der Waals surface area contributed by atoms with E-state index in [4.69, 9.17) is 11.6 Å². The molecule has 0 bridgehead atoms. The minimum Gasteiger partial charge on any atom is -0.342 e. The lowest BCUT2D eigenvalue weighted by atomic mass is 10.1. The molecule has 134 valence electrons. The molecule has 0 atom stereocenters. The summed E-state index contributed by atoms with van der Waals surface area (Å²) in [4.78, 5) is 12.3. The van der Waals surface area contributed by atoms with E-state index >= 15 is 0 Å². The molecule has 0 fully saturated rings. The predicted molar refractivity (Wildman–Crippen MR) is 88.2 cm³/mol. The van der Waals surface area contributed by atoms with E-state index in [9.17, 15) is 18.0 Å². The van der Waals surface area contributed by atoms with Crippen molar-refractivity contribution in [2.24, 2.45) is 0 Å². The highest BCUT2D eigenvalue weighted by molar-refractivity contribution is 6.30. The van der Waals surface area contributed by atoms with Gasteiger partial charge in [0.1, 0.15) is 6.54 Å². The van der Waals surface area contributed by atoms with Gasteiger partial charge in [-0.2, -0.15) is 18.3 Å². The highest BCUT2D eigenvalue weighted by Crippen LogP contribution is 2.27. The molecule has 2 aromatic rings. The highest BCUT2D eigenvalue weighted by Gasteiger charge is 2.30. The van der Waals surface area contributed by atoms with Crippen LogP contribution in [0.25, 0.3) is 5.69 Å². The molecule has 1 aromatic heterocycles. The van der Waals surface area contributed by atoms with Gasteiger partial charge >= 0.3 is 6.18 Å². The van der Waals surface area contributed by atoms with Crippen LogP contribution in [0, 0.1) is 0 Å². The summed E-state index contributed by atoms with van der Waals surface area (Å²) >= 11 is 5.91. The molecule has 0 spiro atoms. The van der Waals surface area contributed by atoms with Crippen LogP contribution in [-0.4, -0.2) is 28.4 Å². The molecule has 4 nitrogen and oxygen atoms in total. The van der Waals surface area contributed by atoms with Crippen molar-refractivity contribution in [3.05, 3.63) is 46.2 Å². The monoisotopic (exact) mass is 371 g/mol. The highest BCUT2D eigenvalue weighted by atomic mass is 35.5. The van der Waals surface area contributed by atoms with Crippen molar-refractivity contribution >= 4 is 17.5 Å². The fourth-order valence-corrected chi connectivity index (χ4v) is 3.14. The number of alkyl halides is 3. The van der Waals surface area contributed by atoms with Crippen LogP contribution in [0.5, 0.6) is 0 Å². The summed E-state index contributed by atoms with van der Waals surface area (Å²) in [7, 11) is 0. The van der Waals surface area contributed by atoms with Crippen molar-refractivity contribution in [3.63, 3.8) is 0 Å². The molecule has 0 radical (unpaired) electrons. The molecule has 0 saturated carbocycles. The number of halogens is 4. The lowest BCUT2D eigenvalue weighted by molar-refractivity contribution is -0.123. The second-order valence-electron chi connectivity index (χ2n) is 6.02. The maximum Gasteiger partial charge on any atom is 0.405 e. The summed E-state index contributed by atoms with van der Waals surface area (Å²) < 4.78 is 38.8. The molecule has 0 aliphatic heterocycles. The third kappa shape index (κ3) is 4.15. The second-order valence-corrected chi connectivity index (χ2v) is 6.46. The first kappa shape index (κ1) is 17.8. The third-order valence-corrected chi connectivity index (χ3v) is 4.42. The first-order valence-corrected chi connectivity index (χ1v) is 8.44. The Morgan fingerprint density at radius 3 is 2.52 bits per heavy atom. The Kier molecular flexibility index (Phi) is 5.03. The zero-order valence-electron chi connectivity index (χ0n) is 13.4. The van der Waals surface area contributed by atoms with Crippen LogP contribution < -0.4 is 5.32 Å². The summed E-state index contributed by atoms with van der Waals surface area (Å²) in [5, 5.41) is 6.82. The van der Waals surface area contributed by atoms with Crippen LogP contribution in [0.3, 0.4) is 0 Å².